The van der Waals surface area contributed by atoms with Crippen LogP contribution in [0.25, 0.3) is 0 Å². The van der Waals surface area contributed by atoms with E-state index in [0.29, 0.717) is 12.6 Å². The molecule has 0 aromatic heterocycles. The van der Waals surface area contributed by atoms with Crippen LogP contribution < -0.4 is 5.32 Å². The van der Waals surface area contributed by atoms with Crippen LogP contribution in [0.3, 0.4) is 0 Å². The minimum Gasteiger partial charge on any atom is -0.378 e. The maximum Gasteiger partial charge on any atom is 0.317 e. The van der Waals surface area contributed by atoms with Gasteiger partial charge < -0.3 is 19.7 Å². The first kappa shape index (κ1) is 17.5. The van der Waals surface area contributed by atoms with Crippen molar-refractivity contribution in [2.24, 2.45) is 0 Å². The van der Waals surface area contributed by atoms with Crippen molar-refractivity contribution in [2.45, 2.75) is 77.1 Å². The molecular weight excluding hydrogens is 280 g/mol. The second-order valence-corrected chi connectivity index (χ2v) is 7.14. The molecule has 0 bridgehead atoms. The number of ether oxygens (including phenoxy) is 2. The van der Waals surface area contributed by atoms with Gasteiger partial charge in [0.15, 0.2) is 0 Å². The van der Waals surface area contributed by atoms with Gasteiger partial charge in [-0.05, 0) is 52.4 Å². The molecule has 0 aromatic rings. The molecule has 22 heavy (non-hydrogen) atoms. The van der Waals surface area contributed by atoms with Gasteiger partial charge in [-0.2, -0.15) is 0 Å². The summed E-state index contributed by atoms with van der Waals surface area (Å²) in [5.74, 6) is 0. The molecule has 5 heteroatoms. The monoisotopic (exact) mass is 312 g/mol. The van der Waals surface area contributed by atoms with Gasteiger partial charge in [-0.1, -0.05) is 6.92 Å². The quantitative estimate of drug-likeness (QED) is 0.849. The van der Waals surface area contributed by atoms with E-state index in [1.807, 2.05) is 4.90 Å². The van der Waals surface area contributed by atoms with Crippen LogP contribution in [0.5, 0.6) is 0 Å². The normalized spacial score (nSPS) is 28.4. The first-order chi connectivity index (χ1) is 10.5. The number of carbonyl (C=O) groups is 1. The molecule has 2 atom stereocenters. The number of carbonyl (C=O) groups excluding carboxylic acids is 1. The zero-order valence-corrected chi connectivity index (χ0v) is 14.4. The third-order valence-corrected chi connectivity index (χ3v) is 4.56. The molecule has 2 fully saturated rings. The van der Waals surface area contributed by atoms with E-state index in [1.54, 1.807) is 0 Å². The van der Waals surface area contributed by atoms with Gasteiger partial charge >= 0.3 is 6.03 Å². The van der Waals surface area contributed by atoms with Crippen molar-refractivity contribution in [3.05, 3.63) is 0 Å². The second-order valence-electron chi connectivity index (χ2n) is 7.14. The molecule has 2 saturated heterocycles. The molecule has 2 aliphatic heterocycles. The minimum atomic E-state index is -0.0398. The van der Waals surface area contributed by atoms with Crippen molar-refractivity contribution >= 4 is 6.03 Å². The Morgan fingerprint density at radius 3 is 2.82 bits per heavy atom. The lowest BCUT2D eigenvalue weighted by atomic mass is 10.1. The van der Waals surface area contributed by atoms with Crippen molar-refractivity contribution in [3.8, 4) is 0 Å². The van der Waals surface area contributed by atoms with Gasteiger partial charge in [0.1, 0.15) is 0 Å². The van der Waals surface area contributed by atoms with Crippen molar-refractivity contribution < 1.29 is 14.3 Å². The maximum atomic E-state index is 12.3. The highest BCUT2D eigenvalue weighted by molar-refractivity contribution is 5.74. The summed E-state index contributed by atoms with van der Waals surface area (Å²) in [5, 5.41) is 3.04. The van der Waals surface area contributed by atoms with E-state index in [1.165, 1.54) is 0 Å². The molecule has 2 rings (SSSR count). The van der Waals surface area contributed by atoms with Crippen molar-refractivity contribution in [1.82, 2.24) is 10.2 Å². The summed E-state index contributed by atoms with van der Waals surface area (Å²) in [5.41, 5.74) is -0.0398. The topological polar surface area (TPSA) is 50.8 Å². The molecular formula is C17H32N2O3. The Bertz CT molecular complexity index is 360. The van der Waals surface area contributed by atoms with Crippen LogP contribution in [0.2, 0.25) is 0 Å². The van der Waals surface area contributed by atoms with Gasteiger partial charge in [0.25, 0.3) is 0 Å². The number of nitrogens with one attached hydrogen (secondary N) is 1. The summed E-state index contributed by atoms with van der Waals surface area (Å²) in [7, 11) is 0. The fraction of sp³-hybridized carbons (Fsp3) is 0.941. The molecule has 5 nitrogen and oxygen atoms in total. The second kappa shape index (κ2) is 8.16. The number of urea groups is 1. The SMILES string of the molecule is CCCO[C@@H]1CCCN(C(=O)NC[C@H]2CCC(C)(C)O2)CC1. The molecule has 2 amide bonds. The summed E-state index contributed by atoms with van der Waals surface area (Å²) in [4.78, 5) is 14.2. The lowest BCUT2D eigenvalue weighted by molar-refractivity contribution is -0.0135. The summed E-state index contributed by atoms with van der Waals surface area (Å²) in [6, 6.07) is 0.0458. The molecule has 128 valence electrons. The lowest BCUT2D eigenvalue weighted by Crippen LogP contribution is -2.43. The van der Waals surface area contributed by atoms with E-state index in [4.69, 9.17) is 9.47 Å². The van der Waals surface area contributed by atoms with Crippen LogP contribution in [0.4, 0.5) is 4.79 Å². The van der Waals surface area contributed by atoms with Crippen molar-refractivity contribution in [2.75, 3.05) is 26.2 Å². The fourth-order valence-corrected chi connectivity index (χ4v) is 3.25. The Morgan fingerprint density at radius 2 is 2.14 bits per heavy atom. The smallest absolute Gasteiger partial charge is 0.317 e. The minimum absolute atomic E-state index is 0.0398. The standard InChI is InChI=1S/C17H32N2O3/c1-4-12-21-14-6-5-10-19(11-8-14)16(20)18-13-15-7-9-17(2,3)22-15/h14-15H,4-13H2,1-3H3,(H,18,20)/t14-,15-/m1/s1. The van der Waals surface area contributed by atoms with Gasteiger partial charge in [-0.25, -0.2) is 4.79 Å². The van der Waals surface area contributed by atoms with Crippen molar-refractivity contribution in [1.29, 1.82) is 0 Å². The van der Waals surface area contributed by atoms with E-state index in [0.717, 1.165) is 58.2 Å². The summed E-state index contributed by atoms with van der Waals surface area (Å²) in [6.45, 7) is 9.41. The highest BCUT2D eigenvalue weighted by Crippen LogP contribution is 2.28. The molecule has 0 radical (unpaired) electrons. The number of rotatable bonds is 5. The molecule has 0 unspecified atom stereocenters. The predicted octanol–water partition coefficient (Wildman–Crippen LogP) is 2.93. The summed E-state index contributed by atoms with van der Waals surface area (Å²) in [6.07, 6.45) is 6.65. The Morgan fingerprint density at radius 1 is 1.32 bits per heavy atom. The van der Waals surface area contributed by atoms with Gasteiger partial charge in [-0.3, -0.25) is 0 Å². The van der Waals surface area contributed by atoms with Crippen LogP contribution in [0.1, 0.15) is 59.3 Å². The average Bonchev–Trinajstić information content (AvgIpc) is 2.70. The van der Waals surface area contributed by atoms with Crippen LogP contribution in [0, 0.1) is 0 Å². The van der Waals surface area contributed by atoms with Crippen LogP contribution >= 0.6 is 0 Å². The van der Waals surface area contributed by atoms with E-state index >= 15 is 0 Å². The highest BCUT2D eigenvalue weighted by atomic mass is 16.5. The number of hydrogen-bond acceptors (Lipinski definition) is 3. The Labute approximate surface area is 134 Å². The zero-order chi connectivity index (χ0) is 16.0. The first-order valence-corrected chi connectivity index (χ1v) is 8.82. The molecule has 0 spiro atoms. The summed E-state index contributed by atoms with van der Waals surface area (Å²) < 4.78 is 11.7. The number of likely N-dealkylation sites (tertiary alicyclic amines) is 1. The van der Waals surface area contributed by atoms with E-state index in [9.17, 15) is 4.79 Å². The van der Waals surface area contributed by atoms with Gasteiger partial charge in [-0.15, -0.1) is 0 Å². The predicted molar refractivity (Wildman–Crippen MR) is 87.0 cm³/mol. The number of nitrogens with zero attached hydrogens (tertiary/aromatic N) is 1. The molecule has 2 heterocycles. The molecule has 0 aliphatic carbocycles. The molecule has 0 aromatic carbocycles. The lowest BCUT2D eigenvalue weighted by Gasteiger charge is -2.23. The van der Waals surface area contributed by atoms with Gasteiger partial charge in [0, 0.05) is 26.2 Å². The number of amides is 2. The van der Waals surface area contributed by atoms with Gasteiger partial charge in [0.05, 0.1) is 17.8 Å². The maximum absolute atomic E-state index is 12.3. The van der Waals surface area contributed by atoms with E-state index in [2.05, 4.69) is 26.1 Å². The highest BCUT2D eigenvalue weighted by Gasteiger charge is 2.32. The molecule has 0 saturated carbocycles. The summed E-state index contributed by atoms with van der Waals surface area (Å²) >= 11 is 0. The van der Waals surface area contributed by atoms with Crippen LogP contribution in [0.15, 0.2) is 0 Å². The molecule has 1 N–H and O–H groups in total. The van der Waals surface area contributed by atoms with E-state index in [-0.39, 0.29) is 17.7 Å². The van der Waals surface area contributed by atoms with Crippen LogP contribution in [-0.2, 0) is 9.47 Å². The Balaban J connectivity index is 1.69. The zero-order valence-electron chi connectivity index (χ0n) is 14.4. The fourth-order valence-electron chi connectivity index (χ4n) is 3.25. The third kappa shape index (κ3) is 5.43. The first-order valence-electron chi connectivity index (χ1n) is 8.82. The van der Waals surface area contributed by atoms with Crippen molar-refractivity contribution in [3.63, 3.8) is 0 Å². The Hall–Kier alpha value is -0.810. The van der Waals surface area contributed by atoms with Crippen LogP contribution in [-0.4, -0.2) is 55.0 Å². The largest absolute Gasteiger partial charge is 0.378 e. The average molecular weight is 312 g/mol. The molecule has 2 aliphatic rings. The van der Waals surface area contributed by atoms with E-state index < -0.39 is 0 Å². The van der Waals surface area contributed by atoms with Gasteiger partial charge in [0.2, 0.25) is 0 Å². The number of hydrogen-bond donors (Lipinski definition) is 1. The third-order valence-electron chi connectivity index (χ3n) is 4.56. The Kier molecular flexibility index (Phi) is 6.50.